The monoisotopic (exact) mass is 440 g/mol. The Hall–Kier alpha value is -4.26. The number of nitrogens with one attached hydrogen (secondary N) is 2. The SMILES string of the molecule is CC(=O)Nc1ccccc1-c1nc2ccccc2n(C(C)C(=O)Nc2ccccc2C)c1=O. The number of carbonyl (C=O) groups excluding carboxylic acids is 2. The van der Waals surface area contributed by atoms with E-state index in [-0.39, 0.29) is 17.5 Å². The number of para-hydroxylation sites is 4. The first kappa shape index (κ1) is 22.0. The fourth-order valence-electron chi connectivity index (χ4n) is 3.77. The molecule has 2 N–H and O–H groups in total. The van der Waals surface area contributed by atoms with Crippen molar-refractivity contribution < 1.29 is 9.59 Å². The van der Waals surface area contributed by atoms with E-state index in [2.05, 4.69) is 15.6 Å². The van der Waals surface area contributed by atoms with Crippen molar-refractivity contribution in [3.8, 4) is 11.3 Å². The van der Waals surface area contributed by atoms with Crippen molar-refractivity contribution in [2.75, 3.05) is 10.6 Å². The quantitative estimate of drug-likeness (QED) is 0.477. The van der Waals surface area contributed by atoms with Gasteiger partial charge in [0.05, 0.1) is 16.7 Å². The summed E-state index contributed by atoms with van der Waals surface area (Å²) in [6.45, 7) is 5.00. The molecule has 0 spiro atoms. The van der Waals surface area contributed by atoms with Gasteiger partial charge in [0.25, 0.3) is 5.56 Å². The van der Waals surface area contributed by atoms with Crippen LogP contribution in [0.2, 0.25) is 0 Å². The zero-order valence-electron chi connectivity index (χ0n) is 18.6. The minimum absolute atomic E-state index is 0.161. The summed E-state index contributed by atoms with van der Waals surface area (Å²) < 4.78 is 1.45. The zero-order valence-corrected chi connectivity index (χ0v) is 18.6. The van der Waals surface area contributed by atoms with Crippen LogP contribution in [0.1, 0.15) is 25.5 Å². The van der Waals surface area contributed by atoms with E-state index >= 15 is 0 Å². The summed E-state index contributed by atoms with van der Waals surface area (Å²) in [6, 6.07) is 20.8. The number of carbonyl (C=O) groups is 2. The van der Waals surface area contributed by atoms with Gasteiger partial charge in [0.1, 0.15) is 11.7 Å². The molecule has 1 aromatic heterocycles. The van der Waals surface area contributed by atoms with Crippen LogP contribution in [0.25, 0.3) is 22.3 Å². The molecule has 0 saturated carbocycles. The van der Waals surface area contributed by atoms with E-state index in [0.29, 0.717) is 28.0 Å². The van der Waals surface area contributed by atoms with E-state index in [4.69, 9.17) is 0 Å². The van der Waals surface area contributed by atoms with Gasteiger partial charge in [-0.25, -0.2) is 4.98 Å². The van der Waals surface area contributed by atoms with Crippen LogP contribution >= 0.6 is 0 Å². The van der Waals surface area contributed by atoms with Crippen LogP contribution in [0.15, 0.2) is 77.6 Å². The number of aryl methyl sites for hydroxylation is 1. The van der Waals surface area contributed by atoms with Gasteiger partial charge in [-0.2, -0.15) is 0 Å². The number of fused-ring (bicyclic) bond motifs is 1. The average Bonchev–Trinajstić information content (AvgIpc) is 2.80. The normalized spacial score (nSPS) is 11.7. The van der Waals surface area contributed by atoms with Gasteiger partial charge in [-0.15, -0.1) is 0 Å². The number of anilines is 2. The third-order valence-electron chi connectivity index (χ3n) is 5.46. The third kappa shape index (κ3) is 4.39. The van der Waals surface area contributed by atoms with E-state index < -0.39 is 11.6 Å². The lowest BCUT2D eigenvalue weighted by Crippen LogP contribution is -2.33. The Morgan fingerprint density at radius 2 is 1.52 bits per heavy atom. The number of rotatable bonds is 5. The standard InChI is InChI=1S/C26H24N4O3/c1-16-10-4-6-12-20(16)29-25(32)17(2)30-23-15-9-8-14-22(23)28-24(26(30)33)19-11-5-7-13-21(19)27-18(3)31/h4-15,17H,1-3H3,(H,27,31)(H,29,32). The summed E-state index contributed by atoms with van der Waals surface area (Å²) in [5.41, 5.74) is 3.45. The summed E-state index contributed by atoms with van der Waals surface area (Å²) in [6.07, 6.45) is 0. The molecule has 0 saturated heterocycles. The van der Waals surface area contributed by atoms with Gasteiger partial charge in [-0.1, -0.05) is 48.5 Å². The predicted octanol–water partition coefficient (Wildman–Crippen LogP) is 4.53. The number of hydrogen-bond donors (Lipinski definition) is 2. The molecule has 2 amide bonds. The zero-order chi connectivity index (χ0) is 23.5. The molecule has 0 aliphatic rings. The van der Waals surface area contributed by atoms with Gasteiger partial charge < -0.3 is 10.6 Å². The van der Waals surface area contributed by atoms with Gasteiger partial charge in [0, 0.05) is 18.2 Å². The molecule has 4 rings (SSSR count). The van der Waals surface area contributed by atoms with Crippen molar-refractivity contribution in [1.82, 2.24) is 9.55 Å². The average molecular weight is 441 g/mol. The topological polar surface area (TPSA) is 93.1 Å². The largest absolute Gasteiger partial charge is 0.326 e. The fourth-order valence-corrected chi connectivity index (χ4v) is 3.77. The molecule has 7 heteroatoms. The minimum Gasteiger partial charge on any atom is -0.326 e. The van der Waals surface area contributed by atoms with Crippen molar-refractivity contribution in [1.29, 1.82) is 0 Å². The molecule has 33 heavy (non-hydrogen) atoms. The molecule has 0 bridgehead atoms. The lowest BCUT2D eigenvalue weighted by Gasteiger charge is -2.20. The Morgan fingerprint density at radius 3 is 2.24 bits per heavy atom. The van der Waals surface area contributed by atoms with Crippen LogP contribution in [0.4, 0.5) is 11.4 Å². The highest BCUT2D eigenvalue weighted by atomic mass is 16.2. The lowest BCUT2D eigenvalue weighted by molar-refractivity contribution is -0.118. The third-order valence-corrected chi connectivity index (χ3v) is 5.46. The molecule has 3 aromatic carbocycles. The summed E-state index contributed by atoms with van der Waals surface area (Å²) >= 11 is 0. The van der Waals surface area contributed by atoms with E-state index in [1.165, 1.54) is 11.5 Å². The first-order chi connectivity index (χ1) is 15.9. The van der Waals surface area contributed by atoms with Crippen LogP contribution in [-0.4, -0.2) is 21.4 Å². The molecule has 7 nitrogen and oxygen atoms in total. The second-order valence-electron chi connectivity index (χ2n) is 7.83. The van der Waals surface area contributed by atoms with E-state index in [9.17, 15) is 14.4 Å². The number of benzene rings is 3. The number of amides is 2. The fraction of sp³-hybridized carbons (Fsp3) is 0.154. The first-order valence-electron chi connectivity index (χ1n) is 10.6. The van der Waals surface area contributed by atoms with Gasteiger partial charge in [0.2, 0.25) is 11.8 Å². The van der Waals surface area contributed by atoms with Gasteiger partial charge in [-0.3, -0.25) is 19.0 Å². The molecule has 1 heterocycles. The van der Waals surface area contributed by atoms with Crippen LogP contribution in [0, 0.1) is 6.92 Å². The lowest BCUT2D eigenvalue weighted by atomic mass is 10.1. The Labute approximate surface area is 191 Å². The summed E-state index contributed by atoms with van der Waals surface area (Å²) in [5.74, 6) is -0.571. The Balaban J connectivity index is 1.87. The molecule has 0 fully saturated rings. The van der Waals surface area contributed by atoms with E-state index in [1.807, 2.05) is 37.3 Å². The number of aromatic nitrogens is 2. The van der Waals surface area contributed by atoms with Crippen molar-refractivity contribution in [3.63, 3.8) is 0 Å². The number of nitrogens with zero attached hydrogens (tertiary/aromatic N) is 2. The highest BCUT2D eigenvalue weighted by molar-refractivity contribution is 5.96. The molecule has 0 aliphatic heterocycles. The highest BCUT2D eigenvalue weighted by Crippen LogP contribution is 2.27. The van der Waals surface area contributed by atoms with E-state index in [1.54, 1.807) is 49.4 Å². The van der Waals surface area contributed by atoms with Crippen LogP contribution < -0.4 is 16.2 Å². The maximum Gasteiger partial charge on any atom is 0.278 e. The smallest absolute Gasteiger partial charge is 0.278 e. The van der Waals surface area contributed by atoms with Crippen molar-refractivity contribution in [2.24, 2.45) is 0 Å². The molecule has 0 aliphatic carbocycles. The van der Waals surface area contributed by atoms with Gasteiger partial charge in [0.15, 0.2) is 0 Å². The molecule has 4 aromatic rings. The highest BCUT2D eigenvalue weighted by Gasteiger charge is 2.23. The summed E-state index contributed by atoms with van der Waals surface area (Å²) in [4.78, 5) is 43.2. The molecule has 1 unspecified atom stereocenters. The van der Waals surface area contributed by atoms with E-state index in [0.717, 1.165) is 5.56 Å². The van der Waals surface area contributed by atoms with Gasteiger partial charge >= 0.3 is 0 Å². The van der Waals surface area contributed by atoms with Crippen LogP contribution in [-0.2, 0) is 9.59 Å². The number of hydrogen-bond acceptors (Lipinski definition) is 4. The van der Waals surface area contributed by atoms with Crippen LogP contribution in [0.3, 0.4) is 0 Å². The Kier molecular flexibility index (Phi) is 6.04. The second kappa shape index (κ2) is 9.08. The molecular weight excluding hydrogens is 416 g/mol. The molecule has 166 valence electrons. The first-order valence-corrected chi connectivity index (χ1v) is 10.6. The van der Waals surface area contributed by atoms with Crippen molar-refractivity contribution in [3.05, 3.63) is 88.7 Å². The van der Waals surface area contributed by atoms with Gasteiger partial charge in [-0.05, 0) is 43.7 Å². The minimum atomic E-state index is -0.809. The Morgan fingerprint density at radius 1 is 0.879 bits per heavy atom. The van der Waals surface area contributed by atoms with Crippen molar-refractivity contribution >= 4 is 34.2 Å². The molecular formula is C26H24N4O3. The maximum atomic E-state index is 13.7. The second-order valence-corrected chi connectivity index (χ2v) is 7.83. The predicted molar refractivity (Wildman–Crippen MR) is 130 cm³/mol. The maximum absolute atomic E-state index is 13.7. The molecule has 0 radical (unpaired) electrons. The van der Waals surface area contributed by atoms with Crippen molar-refractivity contribution in [2.45, 2.75) is 26.8 Å². The molecule has 1 atom stereocenters. The summed E-state index contributed by atoms with van der Waals surface area (Å²) in [5, 5.41) is 5.67. The Bertz CT molecular complexity index is 1420. The van der Waals surface area contributed by atoms with Crippen LogP contribution in [0.5, 0.6) is 0 Å². The summed E-state index contributed by atoms with van der Waals surface area (Å²) in [7, 11) is 0.